The SMILES string of the molecule is COCCNC(=O)c1ccc(Cn2cc(Cl)cn2)cc1. The predicted octanol–water partition coefficient (Wildman–Crippen LogP) is 1.96. The molecule has 0 spiro atoms. The highest BCUT2D eigenvalue weighted by atomic mass is 35.5. The Morgan fingerprint density at radius 2 is 2.15 bits per heavy atom. The van der Waals surface area contributed by atoms with Crippen LogP contribution in [0.4, 0.5) is 0 Å². The van der Waals surface area contributed by atoms with Gasteiger partial charge in [-0.1, -0.05) is 23.7 Å². The van der Waals surface area contributed by atoms with Crippen LogP contribution in [-0.4, -0.2) is 35.9 Å². The molecule has 5 nitrogen and oxygen atoms in total. The maximum atomic E-state index is 11.8. The monoisotopic (exact) mass is 293 g/mol. The fourth-order valence-corrected chi connectivity index (χ4v) is 1.90. The second-order valence-electron chi connectivity index (χ2n) is 4.30. The van der Waals surface area contributed by atoms with Crippen LogP contribution in [0, 0.1) is 0 Å². The maximum absolute atomic E-state index is 11.8. The van der Waals surface area contributed by atoms with Crippen LogP contribution in [0.5, 0.6) is 0 Å². The number of rotatable bonds is 6. The van der Waals surface area contributed by atoms with E-state index in [1.165, 1.54) is 0 Å². The number of carbonyl (C=O) groups excluding carboxylic acids is 1. The van der Waals surface area contributed by atoms with Gasteiger partial charge in [-0.3, -0.25) is 9.48 Å². The topological polar surface area (TPSA) is 56.1 Å². The average Bonchev–Trinajstić information content (AvgIpc) is 2.85. The largest absolute Gasteiger partial charge is 0.383 e. The first kappa shape index (κ1) is 14.6. The van der Waals surface area contributed by atoms with Crippen molar-refractivity contribution in [2.24, 2.45) is 0 Å². The normalized spacial score (nSPS) is 10.5. The first-order chi connectivity index (χ1) is 9.69. The number of nitrogens with one attached hydrogen (secondary N) is 1. The number of hydrogen-bond donors (Lipinski definition) is 1. The van der Waals surface area contributed by atoms with E-state index in [0.717, 1.165) is 5.56 Å². The minimum Gasteiger partial charge on any atom is -0.383 e. The fraction of sp³-hybridized carbons (Fsp3) is 0.286. The van der Waals surface area contributed by atoms with Gasteiger partial charge in [-0.15, -0.1) is 0 Å². The fourth-order valence-electron chi connectivity index (χ4n) is 1.74. The summed E-state index contributed by atoms with van der Waals surface area (Å²) in [5.41, 5.74) is 1.68. The van der Waals surface area contributed by atoms with E-state index in [0.29, 0.717) is 30.3 Å². The van der Waals surface area contributed by atoms with Crippen molar-refractivity contribution >= 4 is 17.5 Å². The van der Waals surface area contributed by atoms with Crippen LogP contribution < -0.4 is 5.32 Å². The molecule has 2 rings (SSSR count). The second kappa shape index (κ2) is 7.07. The van der Waals surface area contributed by atoms with E-state index in [-0.39, 0.29) is 5.91 Å². The highest BCUT2D eigenvalue weighted by molar-refractivity contribution is 6.30. The van der Waals surface area contributed by atoms with Crippen LogP contribution in [0.15, 0.2) is 36.7 Å². The third-order valence-corrected chi connectivity index (χ3v) is 2.95. The molecule has 1 N–H and O–H groups in total. The summed E-state index contributed by atoms with van der Waals surface area (Å²) in [7, 11) is 1.60. The zero-order chi connectivity index (χ0) is 14.4. The Morgan fingerprint density at radius 1 is 1.40 bits per heavy atom. The third-order valence-electron chi connectivity index (χ3n) is 2.75. The first-order valence-corrected chi connectivity index (χ1v) is 6.61. The highest BCUT2D eigenvalue weighted by Crippen LogP contribution is 2.09. The van der Waals surface area contributed by atoms with Crippen LogP contribution in [0.1, 0.15) is 15.9 Å². The van der Waals surface area contributed by atoms with Gasteiger partial charge in [0, 0.05) is 25.4 Å². The van der Waals surface area contributed by atoms with Crippen molar-refractivity contribution in [3.63, 3.8) is 0 Å². The molecule has 2 aromatic rings. The maximum Gasteiger partial charge on any atom is 0.251 e. The smallest absolute Gasteiger partial charge is 0.251 e. The quantitative estimate of drug-likeness (QED) is 0.828. The molecular weight excluding hydrogens is 278 g/mol. The summed E-state index contributed by atoms with van der Waals surface area (Å²) in [6, 6.07) is 7.40. The van der Waals surface area contributed by atoms with Gasteiger partial charge >= 0.3 is 0 Å². The van der Waals surface area contributed by atoms with Crippen molar-refractivity contribution in [1.29, 1.82) is 0 Å². The Labute approximate surface area is 122 Å². The molecule has 0 radical (unpaired) electrons. The van der Waals surface area contributed by atoms with Crippen LogP contribution in [0.25, 0.3) is 0 Å². The molecule has 0 aliphatic rings. The molecule has 0 aliphatic carbocycles. The van der Waals surface area contributed by atoms with Gasteiger partial charge in [0.05, 0.1) is 24.4 Å². The first-order valence-electron chi connectivity index (χ1n) is 6.23. The summed E-state index contributed by atoms with van der Waals surface area (Å²) in [6.07, 6.45) is 3.35. The van der Waals surface area contributed by atoms with Crippen LogP contribution in [0.2, 0.25) is 5.02 Å². The molecule has 1 aromatic carbocycles. The van der Waals surface area contributed by atoms with E-state index in [1.807, 2.05) is 12.1 Å². The van der Waals surface area contributed by atoms with Gasteiger partial charge in [0.15, 0.2) is 0 Å². The lowest BCUT2D eigenvalue weighted by Gasteiger charge is -2.06. The van der Waals surface area contributed by atoms with Gasteiger partial charge in [-0.25, -0.2) is 0 Å². The summed E-state index contributed by atoms with van der Waals surface area (Å²) in [5.74, 6) is -0.101. The lowest BCUT2D eigenvalue weighted by Crippen LogP contribution is -2.26. The molecule has 0 bridgehead atoms. The third kappa shape index (κ3) is 4.08. The zero-order valence-electron chi connectivity index (χ0n) is 11.2. The molecule has 0 fully saturated rings. The van der Waals surface area contributed by atoms with Crippen molar-refractivity contribution in [2.45, 2.75) is 6.54 Å². The molecule has 1 amide bonds. The van der Waals surface area contributed by atoms with Crippen molar-refractivity contribution < 1.29 is 9.53 Å². The molecule has 0 aliphatic heterocycles. The van der Waals surface area contributed by atoms with Crippen molar-refractivity contribution in [3.05, 3.63) is 52.8 Å². The summed E-state index contributed by atoms with van der Waals surface area (Å²) < 4.78 is 6.63. The Bertz CT molecular complexity index is 566. The van der Waals surface area contributed by atoms with Gasteiger partial charge < -0.3 is 10.1 Å². The minimum atomic E-state index is -0.101. The van der Waals surface area contributed by atoms with Gasteiger partial charge in [-0.2, -0.15) is 5.10 Å². The summed E-state index contributed by atoms with van der Waals surface area (Å²) >= 11 is 5.81. The average molecular weight is 294 g/mol. The molecule has 0 saturated carbocycles. The predicted molar refractivity (Wildman–Crippen MR) is 77.0 cm³/mol. The van der Waals surface area contributed by atoms with Crippen LogP contribution in [0.3, 0.4) is 0 Å². The molecule has 1 heterocycles. The van der Waals surface area contributed by atoms with Gasteiger partial charge in [0.2, 0.25) is 0 Å². The highest BCUT2D eigenvalue weighted by Gasteiger charge is 2.05. The Balaban J connectivity index is 1.94. The number of benzene rings is 1. The number of aromatic nitrogens is 2. The summed E-state index contributed by atoms with van der Waals surface area (Å²) in [4.78, 5) is 11.8. The van der Waals surface area contributed by atoms with E-state index in [9.17, 15) is 4.79 Å². The van der Waals surface area contributed by atoms with Crippen molar-refractivity contribution in [1.82, 2.24) is 15.1 Å². The molecule has 106 valence electrons. The Morgan fingerprint density at radius 3 is 2.75 bits per heavy atom. The number of methoxy groups -OCH3 is 1. The minimum absolute atomic E-state index is 0.101. The summed E-state index contributed by atoms with van der Waals surface area (Å²) in [6.45, 7) is 1.63. The number of ether oxygens (including phenoxy) is 1. The molecule has 6 heteroatoms. The molecule has 20 heavy (non-hydrogen) atoms. The molecule has 0 atom stereocenters. The van der Waals surface area contributed by atoms with Crippen molar-refractivity contribution in [3.8, 4) is 0 Å². The Hall–Kier alpha value is -1.85. The molecule has 1 aromatic heterocycles. The molecule has 0 saturated heterocycles. The number of amides is 1. The van der Waals surface area contributed by atoms with Crippen LogP contribution >= 0.6 is 11.6 Å². The second-order valence-corrected chi connectivity index (χ2v) is 4.74. The van der Waals surface area contributed by atoms with Crippen LogP contribution in [-0.2, 0) is 11.3 Å². The van der Waals surface area contributed by atoms with E-state index in [1.54, 1.807) is 36.3 Å². The lowest BCUT2D eigenvalue weighted by molar-refractivity contribution is 0.0937. The molecular formula is C14H16ClN3O2. The summed E-state index contributed by atoms with van der Waals surface area (Å²) in [5, 5.41) is 7.49. The number of carbonyl (C=O) groups is 1. The number of hydrogen-bond acceptors (Lipinski definition) is 3. The lowest BCUT2D eigenvalue weighted by atomic mass is 10.1. The standard InChI is InChI=1S/C14H16ClN3O2/c1-20-7-6-16-14(19)12-4-2-11(3-5-12)9-18-10-13(15)8-17-18/h2-5,8,10H,6-7,9H2,1H3,(H,16,19). The number of nitrogens with zero attached hydrogens (tertiary/aromatic N) is 2. The van der Waals surface area contributed by atoms with Gasteiger partial charge in [0.1, 0.15) is 0 Å². The van der Waals surface area contributed by atoms with Gasteiger partial charge in [-0.05, 0) is 17.7 Å². The van der Waals surface area contributed by atoms with Gasteiger partial charge in [0.25, 0.3) is 5.91 Å². The van der Waals surface area contributed by atoms with Crippen molar-refractivity contribution in [2.75, 3.05) is 20.3 Å². The zero-order valence-corrected chi connectivity index (χ0v) is 11.9. The van der Waals surface area contributed by atoms with E-state index < -0.39 is 0 Å². The Kier molecular flexibility index (Phi) is 5.15. The number of halogens is 1. The van der Waals surface area contributed by atoms with E-state index in [2.05, 4.69) is 10.4 Å². The van der Waals surface area contributed by atoms with E-state index >= 15 is 0 Å². The molecule has 0 unspecified atom stereocenters. The van der Waals surface area contributed by atoms with E-state index in [4.69, 9.17) is 16.3 Å².